The molecule has 1 aliphatic rings. The summed E-state index contributed by atoms with van der Waals surface area (Å²) in [6.07, 6.45) is 0. The van der Waals surface area contributed by atoms with E-state index in [2.05, 4.69) is 52.1 Å². The van der Waals surface area contributed by atoms with Crippen molar-refractivity contribution in [3.8, 4) is 0 Å². The Morgan fingerprint density at radius 2 is 1.94 bits per heavy atom. The number of hydrogen-bond donors (Lipinski definition) is 1. The highest BCUT2D eigenvalue weighted by atomic mass is 32.2. The summed E-state index contributed by atoms with van der Waals surface area (Å²) >= 11 is 0. The summed E-state index contributed by atoms with van der Waals surface area (Å²) in [6, 6.07) is 7.04. The SMILES string of the molecule is Cc1ccc2c(c1)C(NC(C)C)C(C)C(C)S2=O. The minimum atomic E-state index is -0.874. The van der Waals surface area contributed by atoms with Crippen LogP contribution < -0.4 is 5.32 Å². The Kier molecular flexibility index (Phi) is 3.93. The van der Waals surface area contributed by atoms with Crippen LogP contribution in [0.15, 0.2) is 23.1 Å². The third kappa shape index (κ3) is 2.39. The van der Waals surface area contributed by atoms with Crippen LogP contribution in [-0.4, -0.2) is 15.5 Å². The third-order valence-electron chi connectivity index (χ3n) is 3.83. The van der Waals surface area contributed by atoms with Crippen molar-refractivity contribution in [2.45, 2.75) is 56.8 Å². The summed E-state index contributed by atoms with van der Waals surface area (Å²) in [5, 5.41) is 3.84. The average Bonchev–Trinajstić information content (AvgIpc) is 2.31. The molecule has 18 heavy (non-hydrogen) atoms. The quantitative estimate of drug-likeness (QED) is 0.890. The standard InChI is InChI=1S/C15H23NOS/c1-9(2)16-15-11(4)12(5)18(17)14-7-6-10(3)8-13(14)15/h6-9,11-12,15-16H,1-5H3. The molecule has 4 atom stereocenters. The zero-order chi connectivity index (χ0) is 13.4. The van der Waals surface area contributed by atoms with Crippen LogP contribution in [0, 0.1) is 12.8 Å². The van der Waals surface area contributed by atoms with Crippen molar-refractivity contribution >= 4 is 10.8 Å². The van der Waals surface area contributed by atoms with Gasteiger partial charge in [-0.15, -0.1) is 0 Å². The molecule has 2 nitrogen and oxygen atoms in total. The van der Waals surface area contributed by atoms with Gasteiger partial charge in [-0.05, 0) is 24.5 Å². The number of aryl methyl sites for hydroxylation is 1. The van der Waals surface area contributed by atoms with Crippen LogP contribution in [0.25, 0.3) is 0 Å². The molecule has 0 saturated carbocycles. The average molecular weight is 265 g/mol. The number of rotatable bonds is 2. The van der Waals surface area contributed by atoms with Crippen LogP contribution in [0.4, 0.5) is 0 Å². The normalized spacial score (nSPS) is 31.4. The Morgan fingerprint density at radius 3 is 2.56 bits per heavy atom. The first-order valence-corrected chi connectivity index (χ1v) is 7.90. The maximum absolute atomic E-state index is 12.5. The third-order valence-corrected chi connectivity index (χ3v) is 5.74. The topological polar surface area (TPSA) is 29.1 Å². The van der Waals surface area contributed by atoms with E-state index < -0.39 is 10.8 Å². The Bertz CT molecular complexity index is 470. The minimum Gasteiger partial charge on any atom is -0.307 e. The second-order valence-corrected chi connectivity index (χ2v) is 7.48. The summed E-state index contributed by atoms with van der Waals surface area (Å²) in [7, 11) is -0.874. The maximum atomic E-state index is 12.5. The van der Waals surface area contributed by atoms with Gasteiger partial charge in [0.15, 0.2) is 0 Å². The fourth-order valence-electron chi connectivity index (χ4n) is 2.64. The van der Waals surface area contributed by atoms with Crippen LogP contribution in [0.5, 0.6) is 0 Å². The Morgan fingerprint density at radius 1 is 1.28 bits per heavy atom. The number of fused-ring (bicyclic) bond motifs is 1. The first-order chi connectivity index (χ1) is 8.41. The highest BCUT2D eigenvalue weighted by molar-refractivity contribution is 7.85. The number of benzene rings is 1. The maximum Gasteiger partial charge on any atom is 0.0564 e. The Labute approximate surface area is 113 Å². The van der Waals surface area contributed by atoms with E-state index in [0.29, 0.717) is 18.0 Å². The smallest absolute Gasteiger partial charge is 0.0564 e. The zero-order valence-corrected chi connectivity index (χ0v) is 12.7. The molecule has 3 heteroatoms. The molecule has 0 aliphatic carbocycles. The summed E-state index contributed by atoms with van der Waals surface area (Å²) in [5.74, 6) is 0.391. The van der Waals surface area contributed by atoms with Crippen LogP contribution in [0.1, 0.15) is 44.9 Å². The molecule has 1 aromatic carbocycles. The first kappa shape index (κ1) is 13.8. The van der Waals surface area contributed by atoms with E-state index in [4.69, 9.17) is 0 Å². The molecule has 0 saturated heterocycles. The molecule has 1 aliphatic heterocycles. The van der Waals surface area contributed by atoms with Crippen LogP contribution >= 0.6 is 0 Å². The van der Waals surface area contributed by atoms with Gasteiger partial charge in [0.1, 0.15) is 0 Å². The molecule has 4 unspecified atom stereocenters. The van der Waals surface area contributed by atoms with Gasteiger partial charge in [0, 0.05) is 22.2 Å². The van der Waals surface area contributed by atoms with Crippen molar-refractivity contribution < 1.29 is 4.21 Å². The van der Waals surface area contributed by atoms with E-state index >= 15 is 0 Å². The van der Waals surface area contributed by atoms with Gasteiger partial charge in [-0.2, -0.15) is 0 Å². The Hall–Kier alpha value is -0.670. The van der Waals surface area contributed by atoms with Crippen molar-refractivity contribution in [3.05, 3.63) is 29.3 Å². The summed E-state index contributed by atoms with van der Waals surface area (Å²) in [4.78, 5) is 1.02. The van der Waals surface area contributed by atoms with E-state index in [1.807, 2.05) is 6.07 Å². The molecule has 1 heterocycles. The fraction of sp³-hybridized carbons (Fsp3) is 0.600. The van der Waals surface area contributed by atoms with Gasteiger partial charge in [0.05, 0.1) is 10.8 Å². The van der Waals surface area contributed by atoms with Crippen molar-refractivity contribution in [3.63, 3.8) is 0 Å². The van der Waals surface area contributed by atoms with E-state index in [1.165, 1.54) is 11.1 Å². The summed E-state index contributed by atoms with van der Waals surface area (Å²) < 4.78 is 12.5. The lowest BCUT2D eigenvalue weighted by atomic mass is 9.90. The van der Waals surface area contributed by atoms with Crippen molar-refractivity contribution in [2.75, 3.05) is 0 Å². The van der Waals surface area contributed by atoms with Gasteiger partial charge in [-0.1, -0.05) is 45.4 Å². The molecular formula is C15H23NOS. The van der Waals surface area contributed by atoms with Gasteiger partial charge < -0.3 is 5.32 Å². The highest BCUT2D eigenvalue weighted by Crippen LogP contribution is 2.38. The highest BCUT2D eigenvalue weighted by Gasteiger charge is 2.36. The van der Waals surface area contributed by atoms with Crippen molar-refractivity contribution in [2.24, 2.45) is 5.92 Å². The molecular weight excluding hydrogens is 242 g/mol. The largest absolute Gasteiger partial charge is 0.307 e. The molecule has 2 rings (SSSR count). The molecule has 0 spiro atoms. The monoisotopic (exact) mass is 265 g/mol. The summed E-state index contributed by atoms with van der Waals surface area (Å²) in [6.45, 7) is 10.7. The summed E-state index contributed by atoms with van der Waals surface area (Å²) in [5.41, 5.74) is 2.47. The zero-order valence-electron chi connectivity index (χ0n) is 11.9. The van der Waals surface area contributed by atoms with Crippen LogP contribution in [-0.2, 0) is 10.8 Å². The van der Waals surface area contributed by atoms with E-state index in [0.717, 1.165) is 4.90 Å². The number of nitrogens with one attached hydrogen (secondary N) is 1. The van der Waals surface area contributed by atoms with Gasteiger partial charge in [0.25, 0.3) is 0 Å². The van der Waals surface area contributed by atoms with Crippen molar-refractivity contribution in [1.29, 1.82) is 0 Å². The second kappa shape index (κ2) is 5.14. The molecule has 0 bridgehead atoms. The van der Waals surface area contributed by atoms with Gasteiger partial charge in [-0.25, -0.2) is 0 Å². The molecule has 0 amide bonds. The van der Waals surface area contributed by atoms with Gasteiger partial charge >= 0.3 is 0 Å². The van der Waals surface area contributed by atoms with Crippen molar-refractivity contribution in [1.82, 2.24) is 5.32 Å². The minimum absolute atomic E-state index is 0.205. The van der Waals surface area contributed by atoms with E-state index in [1.54, 1.807) is 0 Å². The predicted molar refractivity (Wildman–Crippen MR) is 77.2 cm³/mol. The fourth-order valence-corrected chi connectivity index (χ4v) is 4.21. The van der Waals surface area contributed by atoms with Gasteiger partial charge in [-0.3, -0.25) is 4.21 Å². The molecule has 0 radical (unpaired) electrons. The van der Waals surface area contributed by atoms with E-state index in [-0.39, 0.29) is 5.25 Å². The molecule has 0 fully saturated rings. The lowest BCUT2D eigenvalue weighted by Gasteiger charge is -2.37. The van der Waals surface area contributed by atoms with Gasteiger partial charge in [0.2, 0.25) is 0 Å². The van der Waals surface area contributed by atoms with Crippen LogP contribution in [0.3, 0.4) is 0 Å². The lowest BCUT2D eigenvalue weighted by Crippen LogP contribution is -2.41. The molecule has 100 valence electrons. The lowest BCUT2D eigenvalue weighted by molar-refractivity contribution is 0.343. The van der Waals surface area contributed by atoms with E-state index in [9.17, 15) is 4.21 Å². The second-order valence-electron chi connectivity index (χ2n) is 5.70. The molecule has 0 aromatic heterocycles. The predicted octanol–water partition coefficient (Wildman–Crippen LogP) is 3.18. The first-order valence-electron chi connectivity index (χ1n) is 6.69. The Balaban J connectivity index is 2.50. The number of hydrogen-bond acceptors (Lipinski definition) is 2. The van der Waals surface area contributed by atoms with Crippen LogP contribution in [0.2, 0.25) is 0 Å². The molecule has 1 aromatic rings. The molecule has 1 N–H and O–H groups in total.